The van der Waals surface area contributed by atoms with Crippen molar-refractivity contribution in [1.29, 1.82) is 0 Å². The van der Waals surface area contributed by atoms with Crippen LogP contribution in [0.15, 0.2) is 24.5 Å². The Morgan fingerprint density at radius 3 is 3.11 bits per heavy atom. The molecule has 0 unspecified atom stereocenters. The molecule has 0 atom stereocenters. The Bertz CT molecular complexity index is 553. The van der Waals surface area contributed by atoms with Gasteiger partial charge >= 0.3 is 6.09 Å². The molecule has 0 saturated heterocycles. The van der Waals surface area contributed by atoms with Gasteiger partial charge in [-0.25, -0.2) is 9.78 Å². The molecule has 0 spiro atoms. The second-order valence-corrected chi connectivity index (χ2v) is 4.18. The van der Waals surface area contributed by atoms with Crippen molar-refractivity contribution < 1.29 is 9.53 Å². The molecule has 2 heterocycles. The number of imidazole rings is 1. The number of aromatic nitrogens is 2. The van der Waals surface area contributed by atoms with Gasteiger partial charge in [-0.3, -0.25) is 0 Å². The normalized spacial score (nSPS) is 10.6. The number of amides is 1. The van der Waals surface area contributed by atoms with E-state index in [1.54, 1.807) is 19.2 Å². The molecule has 5 nitrogen and oxygen atoms in total. The molecule has 96 valence electrons. The zero-order valence-electron chi connectivity index (χ0n) is 10.0. The van der Waals surface area contributed by atoms with Gasteiger partial charge in [0.05, 0.1) is 17.3 Å². The van der Waals surface area contributed by atoms with Crippen LogP contribution in [0, 0.1) is 0 Å². The van der Waals surface area contributed by atoms with Gasteiger partial charge in [0, 0.05) is 25.4 Å². The van der Waals surface area contributed by atoms with Gasteiger partial charge in [-0.1, -0.05) is 11.6 Å². The van der Waals surface area contributed by atoms with Gasteiger partial charge in [0.15, 0.2) is 0 Å². The Morgan fingerprint density at radius 2 is 2.33 bits per heavy atom. The molecule has 2 rings (SSSR count). The molecule has 0 aromatic carbocycles. The lowest BCUT2D eigenvalue weighted by Crippen LogP contribution is -2.26. The number of ether oxygens (including phenoxy) is 1. The van der Waals surface area contributed by atoms with Gasteiger partial charge in [0.2, 0.25) is 0 Å². The summed E-state index contributed by atoms with van der Waals surface area (Å²) in [6.07, 6.45) is 3.95. The highest BCUT2D eigenvalue weighted by Gasteiger charge is 2.03. The summed E-state index contributed by atoms with van der Waals surface area (Å²) >= 11 is 5.89. The van der Waals surface area contributed by atoms with E-state index in [2.05, 4.69) is 10.3 Å². The minimum Gasteiger partial charge on any atom is -0.450 e. The lowest BCUT2D eigenvalue weighted by molar-refractivity contribution is 0.152. The van der Waals surface area contributed by atoms with Gasteiger partial charge in [-0.15, -0.1) is 0 Å². The molecular formula is C12H14ClN3O2. The van der Waals surface area contributed by atoms with E-state index in [-0.39, 0.29) is 0 Å². The van der Waals surface area contributed by atoms with Gasteiger partial charge in [-0.05, 0) is 19.1 Å². The van der Waals surface area contributed by atoms with Crippen LogP contribution in [-0.2, 0) is 11.2 Å². The predicted molar refractivity (Wildman–Crippen MR) is 68.9 cm³/mol. The van der Waals surface area contributed by atoms with E-state index in [4.69, 9.17) is 16.3 Å². The number of alkyl carbamates (subject to hydrolysis) is 1. The standard InChI is InChI=1S/C12H14ClN3O2/c1-2-18-12(17)14-6-5-10-8-16-7-9(13)3-4-11(16)15-10/h3-4,7-8H,2,5-6H2,1H3,(H,14,17). The van der Waals surface area contributed by atoms with Crippen LogP contribution in [0.25, 0.3) is 5.65 Å². The summed E-state index contributed by atoms with van der Waals surface area (Å²) in [5.74, 6) is 0. The van der Waals surface area contributed by atoms with E-state index in [0.29, 0.717) is 24.6 Å². The second-order valence-electron chi connectivity index (χ2n) is 3.74. The summed E-state index contributed by atoms with van der Waals surface area (Å²) in [6.45, 7) is 2.64. The quantitative estimate of drug-likeness (QED) is 0.925. The van der Waals surface area contributed by atoms with Crippen LogP contribution >= 0.6 is 11.6 Å². The van der Waals surface area contributed by atoms with E-state index in [0.717, 1.165) is 11.3 Å². The first-order valence-electron chi connectivity index (χ1n) is 5.73. The van der Waals surface area contributed by atoms with Gasteiger partial charge in [0.1, 0.15) is 5.65 Å². The number of nitrogens with one attached hydrogen (secondary N) is 1. The van der Waals surface area contributed by atoms with Crippen LogP contribution in [0.1, 0.15) is 12.6 Å². The van der Waals surface area contributed by atoms with Crippen LogP contribution in [0.2, 0.25) is 5.02 Å². The molecule has 0 aliphatic rings. The maximum Gasteiger partial charge on any atom is 0.407 e. The lowest BCUT2D eigenvalue weighted by atomic mass is 10.3. The molecule has 0 saturated carbocycles. The zero-order valence-corrected chi connectivity index (χ0v) is 10.8. The van der Waals surface area contributed by atoms with Crippen molar-refractivity contribution in [3.05, 3.63) is 35.2 Å². The van der Waals surface area contributed by atoms with Crippen molar-refractivity contribution in [2.24, 2.45) is 0 Å². The van der Waals surface area contributed by atoms with Crippen molar-refractivity contribution in [3.63, 3.8) is 0 Å². The molecule has 18 heavy (non-hydrogen) atoms. The number of carbonyl (C=O) groups excluding carboxylic acids is 1. The summed E-state index contributed by atoms with van der Waals surface area (Å²) in [6, 6.07) is 3.65. The first kappa shape index (κ1) is 12.7. The minimum absolute atomic E-state index is 0.374. The highest BCUT2D eigenvalue weighted by atomic mass is 35.5. The van der Waals surface area contributed by atoms with E-state index in [1.165, 1.54) is 0 Å². The topological polar surface area (TPSA) is 55.6 Å². The first-order chi connectivity index (χ1) is 8.69. The molecule has 0 fully saturated rings. The SMILES string of the molecule is CCOC(=O)NCCc1cn2cc(Cl)ccc2n1. The van der Waals surface area contributed by atoms with E-state index in [1.807, 2.05) is 16.7 Å². The van der Waals surface area contributed by atoms with E-state index >= 15 is 0 Å². The van der Waals surface area contributed by atoms with Gasteiger partial charge in [-0.2, -0.15) is 0 Å². The third kappa shape index (κ3) is 3.13. The first-order valence-corrected chi connectivity index (χ1v) is 6.10. The number of halogens is 1. The Hall–Kier alpha value is -1.75. The third-order valence-corrected chi connectivity index (χ3v) is 2.61. The van der Waals surface area contributed by atoms with Gasteiger partial charge in [0.25, 0.3) is 0 Å². The molecule has 0 aliphatic carbocycles. The molecule has 2 aromatic rings. The third-order valence-electron chi connectivity index (χ3n) is 2.39. The maximum absolute atomic E-state index is 11.1. The van der Waals surface area contributed by atoms with Crippen LogP contribution in [0.4, 0.5) is 4.79 Å². The molecule has 1 N–H and O–H groups in total. The summed E-state index contributed by atoms with van der Waals surface area (Å²) in [7, 11) is 0. The smallest absolute Gasteiger partial charge is 0.407 e. The summed E-state index contributed by atoms with van der Waals surface area (Å²) < 4.78 is 6.62. The van der Waals surface area contributed by atoms with Crippen LogP contribution in [0.3, 0.4) is 0 Å². The number of rotatable bonds is 4. The summed E-state index contributed by atoms with van der Waals surface area (Å²) in [4.78, 5) is 15.5. The Morgan fingerprint density at radius 1 is 1.50 bits per heavy atom. The largest absolute Gasteiger partial charge is 0.450 e. The Kier molecular flexibility index (Phi) is 4.04. The highest BCUT2D eigenvalue weighted by Crippen LogP contribution is 2.11. The second kappa shape index (κ2) is 5.73. The molecule has 0 radical (unpaired) electrons. The fourth-order valence-electron chi connectivity index (χ4n) is 1.61. The molecule has 1 amide bonds. The summed E-state index contributed by atoms with van der Waals surface area (Å²) in [5, 5.41) is 3.31. The average molecular weight is 268 g/mol. The monoisotopic (exact) mass is 267 g/mol. The molecule has 0 aliphatic heterocycles. The zero-order chi connectivity index (χ0) is 13.0. The number of nitrogens with zero attached hydrogens (tertiary/aromatic N) is 2. The number of hydrogen-bond acceptors (Lipinski definition) is 3. The molecule has 2 aromatic heterocycles. The average Bonchev–Trinajstić information content (AvgIpc) is 2.71. The minimum atomic E-state index is -0.399. The van der Waals surface area contributed by atoms with Crippen LogP contribution in [0.5, 0.6) is 0 Å². The number of fused-ring (bicyclic) bond motifs is 1. The maximum atomic E-state index is 11.1. The lowest BCUT2D eigenvalue weighted by Gasteiger charge is -2.02. The summed E-state index contributed by atoms with van der Waals surface area (Å²) in [5.41, 5.74) is 1.74. The van der Waals surface area contributed by atoms with E-state index < -0.39 is 6.09 Å². The van der Waals surface area contributed by atoms with Crippen molar-refractivity contribution in [3.8, 4) is 0 Å². The fourth-order valence-corrected chi connectivity index (χ4v) is 1.78. The van der Waals surface area contributed by atoms with Crippen molar-refractivity contribution in [1.82, 2.24) is 14.7 Å². The fraction of sp³-hybridized carbons (Fsp3) is 0.333. The molecule has 6 heteroatoms. The number of hydrogen-bond donors (Lipinski definition) is 1. The number of carbonyl (C=O) groups is 1. The molecule has 0 bridgehead atoms. The van der Waals surface area contributed by atoms with Crippen LogP contribution < -0.4 is 5.32 Å². The van der Waals surface area contributed by atoms with E-state index in [9.17, 15) is 4.79 Å². The van der Waals surface area contributed by atoms with Crippen LogP contribution in [-0.4, -0.2) is 28.6 Å². The molecular weight excluding hydrogens is 254 g/mol. The highest BCUT2D eigenvalue weighted by molar-refractivity contribution is 6.30. The van der Waals surface area contributed by atoms with Crippen molar-refractivity contribution >= 4 is 23.3 Å². The Labute approximate surface area is 110 Å². The predicted octanol–water partition coefficient (Wildman–Crippen LogP) is 2.28. The van der Waals surface area contributed by atoms with Crippen molar-refractivity contribution in [2.75, 3.05) is 13.2 Å². The van der Waals surface area contributed by atoms with Crippen molar-refractivity contribution in [2.45, 2.75) is 13.3 Å². The number of pyridine rings is 1. The Balaban J connectivity index is 1.94. The van der Waals surface area contributed by atoms with Gasteiger partial charge < -0.3 is 14.5 Å².